The molecular weight excluding hydrogens is 474 g/mol. The molecule has 0 saturated carbocycles. The molecule has 1 saturated heterocycles. The van der Waals surface area contributed by atoms with Gasteiger partial charge in [-0.1, -0.05) is 23.7 Å². The Hall–Kier alpha value is -3.37. The Morgan fingerprint density at radius 1 is 1.09 bits per heavy atom. The SMILES string of the molecule is O=C(NCCCNc1nc(Nc2cccc(NC(=O)N3CCCC3)c2)ncc1Cl)c1cccs1. The lowest BCUT2D eigenvalue weighted by atomic mass is 10.3. The minimum Gasteiger partial charge on any atom is -0.369 e. The minimum atomic E-state index is -0.0875. The third-order valence-corrected chi connectivity index (χ3v) is 6.33. The Labute approximate surface area is 206 Å². The van der Waals surface area contributed by atoms with E-state index in [9.17, 15) is 9.59 Å². The van der Waals surface area contributed by atoms with E-state index >= 15 is 0 Å². The summed E-state index contributed by atoms with van der Waals surface area (Å²) in [5, 5.41) is 14.4. The monoisotopic (exact) mass is 499 g/mol. The molecule has 1 fully saturated rings. The largest absolute Gasteiger partial charge is 0.369 e. The first kappa shape index (κ1) is 23.8. The summed E-state index contributed by atoms with van der Waals surface area (Å²) in [6, 6.07) is 10.9. The standard InChI is InChI=1S/C23H26ClN7O2S/c24-18-15-27-22(30-20(18)25-9-5-10-26-21(32)19-8-4-13-34-19)28-16-6-3-7-17(14-16)29-23(33)31-11-1-2-12-31/h3-4,6-8,13-15H,1-2,5,9-12H2,(H,26,32)(H,29,33)(H2,25,27,28,30). The van der Waals surface area contributed by atoms with Crippen LogP contribution in [-0.2, 0) is 0 Å². The number of carbonyl (C=O) groups excluding carboxylic acids is 2. The Morgan fingerprint density at radius 2 is 1.91 bits per heavy atom. The number of halogens is 1. The number of benzene rings is 1. The van der Waals surface area contributed by atoms with E-state index in [2.05, 4.69) is 31.2 Å². The molecule has 2 aromatic heterocycles. The van der Waals surface area contributed by atoms with E-state index < -0.39 is 0 Å². The predicted octanol–water partition coefficient (Wildman–Crippen LogP) is 4.79. The van der Waals surface area contributed by atoms with Gasteiger partial charge in [-0.25, -0.2) is 9.78 Å². The van der Waals surface area contributed by atoms with Gasteiger partial charge in [-0.2, -0.15) is 4.98 Å². The van der Waals surface area contributed by atoms with Gasteiger partial charge in [0.15, 0.2) is 0 Å². The molecule has 34 heavy (non-hydrogen) atoms. The Kier molecular flexibility index (Phi) is 8.16. The molecule has 178 valence electrons. The zero-order chi connectivity index (χ0) is 23.8. The summed E-state index contributed by atoms with van der Waals surface area (Å²) in [5.74, 6) is 0.809. The van der Waals surface area contributed by atoms with E-state index in [1.54, 1.807) is 6.07 Å². The van der Waals surface area contributed by atoms with Gasteiger partial charge in [-0.3, -0.25) is 4.79 Å². The number of nitrogens with one attached hydrogen (secondary N) is 4. The number of urea groups is 1. The quantitative estimate of drug-likeness (QED) is 0.315. The average Bonchev–Trinajstić information content (AvgIpc) is 3.56. The number of hydrogen-bond acceptors (Lipinski definition) is 7. The van der Waals surface area contributed by atoms with Crippen molar-refractivity contribution in [2.75, 3.05) is 42.1 Å². The number of nitrogens with zero attached hydrogens (tertiary/aromatic N) is 3. The maximum atomic E-state index is 12.3. The van der Waals surface area contributed by atoms with E-state index in [0.717, 1.165) is 31.6 Å². The van der Waals surface area contributed by atoms with Crippen molar-refractivity contribution in [2.45, 2.75) is 19.3 Å². The van der Waals surface area contributed by atoms with Gasteiger partial charge in [-0.15, -0.1) is 11.3 Å². The fourth-order valence-electron chi connectivity index (χ4n) is 3.47. The van der Waals surface area contributed by atoms with Crippen molar-refractivity contribution in [3.05, 3.63) is 57.9 Å². The summed E-state index contributed by atoms with van der Waals surface area (Å²) in [6.07, 6.45) is 4.32. The van der Waals surface area contributed by atoms with E-state index in [4.69, 9.17) is 11.6 Å². The van der Waals surface area contributed by atoms with Crippen LogP contribution in [0.5, 0.6) is 0 Å². The summed E-state index contributed by atoms with van der Waals surface area (Å²) in [4.78, 5) is 35.5. The number of likely N-dealkylation sites (tertiary alicyclic amines) is 1. The fourth-order valence-corrected chi connectivity index (χ4v) is 4.27. The van der Waals surface area contributed by atoms with Crippen LogP contribution in [-0.4, -0.2) is 53.0 Å². The summed E-state index contributed by atoms with van der Waals surface area (Å²) in [7, 11) is 0. The first-order valence-corrected chi connectivity index (χ1v) is 12.4. The maximum Gasteiger partial charge on any atom is 0.321 e. The van der Waals surface area contributed by atoms with Crippen LogP contribution in [0.3, 0.4) is 0 Å². The number of anilines is 4. The van der Waals surface area contributed by atoms with E-state index in [0.29, 0.717) is 46.9 Å². The normalized spacial score (nSPS) is 12.9. The Bertz CT molecular complexity index is 1120. The second kappa shape index (κ2) is 11.7. The van der Waals surface area contributed by atoms with Crippen LogP contribution >= 0.6 is 22.9 Å². The lowest BCUT2D eigenvalue weighted by Gasteiger charge is -2.16. The maximum absolute atomic E-state index is 12.3. The number of thiophene rings is 1. The molecular formula is C23H26ClN7O2S. The highest BCUT2D eigenvalue weighted by atomic mass is 35.5. The van der Waals surface area contributed by atoms with Crippen molar-refractivity contribution in [1.29, 1.82) is 0 Å². The summed E-state index contributed by atoms with van der Waals surface area (Å²) >= 11 is 7.65. The molecule has 0 bridgehead atoms. The van der Waals surface area contributed by atoms with Crippen LogP contribution in [0.1, 0.15) is 28.9 Å². The van der Waals surface area contributed by atoms with Gasteiger partial charge in [0.2, 0.25) is 5.95 Å². The molecule has 3 amide bonds. The lowest BCUT2D eigenvalue weighted by Crippen LogP contribution is -2.32. The molecule has 0 spiro atoms. The molecule has 0 atom stereocenters. The molecule has 1 aromatic carbocycles. The fraction of sp³-hybridized carbons (Fsp3) is 0.304. The summed E-state index contributed by atoms with van der Waals surface area (Å²) < 4.78 is 0. The number of rotatable bonds is 9. The second-order valence-corrected chi connectivity index (χ2v) is 9.09. The van der Waals surface area contributed by atoms with Gasteiger partial charge in [-0.05, 0) is 48.9 Å². The van der Waals surface area contributed by atoms with Crippen molar-refractivity contribution >= 4 is 58.0 Å². The highest BCUT2D eigenvalue weighted by Crippen LogP contribution is 2.23. The first-order valence-electron chi connectivity index (χ1n) is 11.1. The Morgan fingerprint density at radius 3 is 2.71 bits per heavy atom. The van der Waals surface area contributed by atoms with Crippen LogP contribution in [0.15, 0.2) is 48.0 Å². The van der Waals surface area contributed by atoms with Crippen molar-refractivity contribution in [2.24, 2.45) is 0 Å². The van der Waals surface area contributed by atoms with Crippen LogP contribution in [0.4, 0.5) is 27.9 Å². The van der Waals surface area contributed by atoms with E-state index in [-0.39, 0.29) is 11.9 Å². The average molecular weight is 500 g/mol. The summed E-state index contributed by atoms with van der Waals surface area (Å²) in [6.45, 7) is 2.70. The summed E-state index contributed by atoms with van der Waals surface area (Å²) in [5.41, 5.74) is 1.43. The van der Waals surface area contributed by atoms with Crippen molar-refractivity contribution in [1.82, 2.24) is 20.2 Å². The number of hydrogen-bond donors (Lipinski definition) is 4. The second-order valence-electron chi connectivity index (χ2n) is 7.73. The zero-order valence-corrected chi connectivity index (χ0v) is 20.1. The first-order chi connectivity index (χ1) is 16.6. The number of carbonyl (C=O) groups is 2. The van der Waals surface area contributed by atoms with Crippen LogP contribution in [0.25, 0.3) is 0 Å². The molecule has 9 nitrogen and oxygen atoms in total. The van der Waals surface area contributed by atoms with E-state index in [1.807, 2.05) is 40.6 Å². The molecule has 4 N–H and O–H groups in total. The van der Waals surface area contributed by atoms with Gasteiger partial charge >= 0.3 is 6.03 Å². The van der Waals surface area contributed by atoms with Gasteiger partial charge in [0.05, 0.1) is 11.1 Å². The van der Waals surface area contributed by atoms with Crippen LogP contribution in [0.2, 0.25) is 5.02 Å². The number of amides is 3. The molecule has 0 radical (unpaired) electrons. The molecule has 0 unspecified atom stereocenters. The molecule has 11 heteroatoms. The highest BCUT2D eigenvalue weighted by molar-refractivity contribution is 7.12. The predicted molar refractivity (Wildman–Crippen MR) is 136 cm³/mol. The lowest BCUT2D eigenvalue weighted by molar-refractivity contribution is 0.0957. The third kappa shape index (κ3) is 6.58. The minimum absolute atomic E-state index is 0.0691. The molecule has 4 rings (SSSR count). The van der Waals surface area contributed by atoms with Crippen molar-refractivity contribution in [3.63, 3.8) is 0 Å². The van der Waals surface area contributed by atoms with Crippen molar-refractivity contribution in [3.8, 4) is 0 Å². The smallest absolute Gasteiger partial charge is 0.321 e. The van der Waals surface area contributed by atoms with Crippen LogP contribution < -0.4 is 21.3 Å². The highest BCUT2D eigenvalue weighted by Gasteiger charge is 2.17. The van der Waals surface area contributed by atoms with Gasteiger partial charge < -0.3 is 26.2 Å². The third-order valence-electron chi connectivity index (χ3n) is 5.18. The molecule has 1 aliphatic heterocycles. The van der Waals surface area contributed by atoms with E-state index in [1.165, 1.54) is 17.5 Å². The van der Waals surface area contributed by atoms with Crippen LogP contribution in [0, 0.1) is 0 Å². The number of aromatic nitrogens is 2. The zero-order valence-electron chi connectivity index (χ0n) is 18.5. The van der Waals surface area contributed by atoms with Gasteiger partial charge in [0.1, 0.15) is 10.8 Å². The topological polar surface area (TPSA) is 111 Å². The molecule has 1 aliphatic rings. The van der Waals surface area contributed by atoms with Gasteiger partial charge in [0, 0.05) is 37.6 Å². The molecule has 3 heterocycles. The Balaban J connectivity index is 1.28. The van der Waals surface area contributed by atoms with Gasteiger partial charge in [0.25, 0.3) is 5.91 Å². The van der Waals surface area contributed by atoms with Crippen molar-refractivity contribution < 1.29 is 9.59 Å². The molecule has 0 aliphatic carbocycles. The molecule has 3 aromatic rings.